The molecule has 3 rings (SSSR count). The summed E-state index contributed by atoms with van der Waals surface area (Å²) in [6.07, 6.45) is -2.40. The first-order valence-electron chi connectivity index (χ1n) is 9.78. The predicted molar refractivity (Wildman–Crippen MR) is 116 cm³/mol. The Morgan fingerprint density at radius 1 is 0.966 bits per heavy atom. The Morgan fingerprint density at radius 2 is 1.48 bits per heavy atom. The Bertz CT molecular complexity index is 876. The molecule has 0 aromatic heterocycles. The molecule has 0 aliphatic heterocycles. The first-order chi connectivity index (χ1) is 13.7. The first kappa shape index (κ1) is 22.5. The molecule has 0 unspecified atom stereocenters. The Morgan fingerprint density at radius 3 is 1.93 bits per heavy atom. The monoisotopic (exact) mass is 530 g/mol. The Hall–Kier alpha value is -1.14. The molecule has 0 saturated heterocycles. The summed E-state index contributed by atoms with van der Waals surface area (Å²) in [5, 5.41) is 0. The standard InChI is InChI=1S/C23H23Br2F3O/c1-3-5-14-21(4-2)20(19(29)15-6-10-17(24)11-7-15)22(21,23(26,27)28)16-8-12-18(25)13-9-16/h6-13,20H,3-5,14H2,1-2H3/t20-,21-,22+/m0/s1. The number of halogens is 5. The lowest BCUT2D eigenvalue weighted by molar-refractivity contribution is -0.173. The van der Waals surface area contributed by atoms with Crippen molar-refractivity contribution in [2.75, 3.05) is 0 Å². The van der Waals surface area contributed by atoms with Gasteiger partial charge in [0, 0.05) is 25.8 Å². The van der Waals surface area contributed by atoms with Crippen molar-refractivity contribution in [2.45, 2.75) is 51.1 Å². The molecule has 2 aromatic carbocycles. The van der Waals surface area contributed by atoms with Crippen LogP contribution in [0.4, 0.5) is 13.2 Å². The van der Waals surface area contributed by atoms with Crippen molar-refractivity contribution in [3.63, 3.8) is 0 Å². The van der Waals surface area contributed by atoms with Crippen molar-refractivity contribution >= 4 is 37.6 Å². The zero-order chi connectivity index (χ0) is 21.4. The summed E-state index contributed by atoms with van der Waals surface area (Å²) in [6.45, 7) is 3.75. The van der Waals surface area contributed by atoms with Gasteiger partial charge in [0.25, 0.3) is 0 Å². The van der Waals surface area contributed by atoms with Crippen LogP contribution in [0, 0.1) is 11.3 Å². The minimum Gasteiger partial charge on any atom is -0.294 e. The van der Waals surface area contributed by atoms with Gasteiger partial charge in [0.15, 0.2) is 5.78 Å². The number of carbonyl (C=O) groups excluding carboxylic acids is 1. The minimum absolute atomic E-state index is 0.182. The molecular weight excluding hydrogens is 509 g/mol. The maximum absolute atomic E-state index is 14.8. The fourth-order valence-corrected chi connectivity index (χ4v) is 5.62. The molecule has 6 heteroatoms. The van der Waals surface area contributed by atoms with Crippen molar-refractivity contribution in [3.05, 3.63) is 68.6 Å². The number of ketones is 1. The average molecular weight is 532 g/mol. The van der Waals surface area contributed by atoms with Gasteiger partial charge in [-0.25, -0.2) is 0 Å². The Balaban J connectivity index is 2.20. The van der Waals surface area contributed by atoms with Crippen molar-refractivity contribution in [3.8, 4) is 0 Å². The van der Waals surface area contributed by atoms with Crippen LogP contribution >= 0.6 is 31.9 Å². The molecule has 156 valence electrons. The molecule has 2 aromatic rings. The number of alkyl halides is 3. The first-order valence-corrected chi connectivity index (χ1v) is 11.4. The van der Waals surface area contributed by atoms with Crippen LogP contribution in [0.3, 0.4) is 0 Å². The van der Waals surface area contributed by atoms with Gasteiger partial charge in [-0.15, -0.1) is 0 Å². The van der Waals surface area contributed by atoms with E-state index in [4.69, 9.17) is 0 Å². The number of hydrogen-bond acceptors (Lipinski definition) is 1. The van der Waals surface area contributed by atoms with Gasteiger partial charge < -0.3 is 0 Å². The van der Waals surface area contributed by atoms with Crippen molar-refractivity contribution < 1.29 is 18.0 Å². The summed E-state index contributed by atoms with van der Waals surface area (Å²) in [5.41, 5.74) is -2.77. The van der Waals surface area contributed by atoms with Crippen LogP contribution in [0.15, 0.2) is 57.5 Å². The number of rotatable bonds is 7. The third kappa shape index (κ3) is 3.50. The average Bonchev–Trinajstić information content (AvgIpc) is 3.31. The molecule has 1 saturated carbocycles. The topological polar surface area (TPSA) is 17.1 Å². The normalized spacial score (nSPS) is 26.4. The lowest BCUT2D eigenvalue weighted by Crippen LogP contribution is -2.36. The second kappa shape index (κ2) is 8.18. The SMILES string of the molecule is CCCC[C@@]1(CC)[C@H](C(=O)c2ccc(Br)cc2)[C@@]1(c1ccc(Br)cc1)C(F)(F)F. The van der Waals surface area contributed by atoms with Crippen LogP contribution in [-0.4, -0.2) is 12.0 Å². The van der Waals surface area contributed by atoms with Crippen LogP contribution in [0.5, 0.6) is 0 Å². The van der Waals surface area contributed by atoms with Crippen molar-refractivity contribution in [1.29, 1.82) is 0 Å². The summed E-state index contributed by atoms with van der Waals surface area (Å²) < 4.78 is 45.9. The van der Waals surface area contributed by atoms with Gasteiger partial charge in [-0.3, -0.25) is 4.79 Å². The smallest absolute Gasteiger partial charge is 0.294 e. The van der Waals surface area contributed by atoms with Gasteiger partial charge in [0.1, 0.15) is 5.41 Å². The quantitative estimate of drug-likeness (QED) is 0.330. The molecule has 1 aliphatic carbocycles. The van der Waals surface area contributed by atoms with E-state index >= 15 is 0 Å². The zero-order valence-electron chi connectivity index (χ0n) is 16.3. The largest absolute Gasteiger partial charge is 0.399 e. The van der Waals surface area contributed by atoms with Crippen molar-refractivity contribution in [1.82, 2.24) is 0 Å². The predicted octanol–water partition coefficient (Wildman–Crippen LogP) is 8.11. The number of unbranched alkanes of at least 4 members (excludes halogenated alkanes) is 1. The lowest BCUT2D eigenvalue weighted by Gasteiger charge is -2.28. The number of Topliss-reactive ketones (excluding diaryl/α,β-unsaturated/α-hetero) is 1. The Kier molecular flexibility index (Phi) is 6.36. The van der Waals surface area contributed by atoms with Crippen LogP contribution in [-0.2, 0) is 5.41 Å². The Labute approximate surface area is 186 Å². The molecule has 0 radical (unpaired) electrons. The fraction of sp³-hybridized carbons (Fsp3) is 0.435. The van der Waals surface area contributed by atoms with E-state index in [9.17, 15) is 18.0 Å². The second-order valence-electron chi connectivity index (χ2n) is 7.73. The number of carbonyl (C=O) groups is 1. The molecule has 0 N–H and O–H groups in total. The third-order valence-electron chi connectivity index (χ3n) is 6.43. The van der Waals surface area contributed by atoms with Gasteiger partial charge in [-0.05, 0) is 42.7 Å². The van der Waals surface area contributed by atoms with E-state index in [1.165, 1.54) is 12.1 Å². The van der Waals surface area contributed by atoms with Gasteiger partial charge in [0.05, 0.1) is 0 Å². The maximum atomic E-state index is 14.8. The van der Waals surface area contributed by atoms with Gasteiger partial charge in [-0.2, -0.15) is 13.2 Å². The molecule has 0 amide bonds. The van der Waals surface area contributed by atoms with E-state index in [1.54, 1.807) is 43.3 Å². The molecule has 0 spiro atoms. The zero-order valence-corrected chi connectivity index (χ0v) is 19.5. The highest BCUT2D eigenvalue weighted by Gasteiger charge is 2.87. The molecule has 29 heavy (non-hydrogen) atoms. The van der Waals surface area contributed by atoms with E-state index in [2.05, 4.69) is 31.9 Å². The van der Waals surface area contributed by atoms with Crippen LogP contribution in [0.2, 0.25) is 0 Å². The summed E-state index contributed by atoms with van der Waals surface area (Å²) in [7, 11) is 0. The lowest BCUT2D eigenvalue weighted by atomic mass is 9.81. The summed E-state index contributed by atoms with van der Waals surface area (Å²) in [4.78, 5) is 13.4. The highest BCUT2D eigenvalue weighted by atomic mass is 79.9. The molecule has 1 fully saturated rings. The molecule has 1 nitrogen and oxygen atoms in total. The summed E-state index contributed by atoms with van der Waals surface area (Å²) in [5.74, 6) is -1.54. The van der Waals surface area contributed by atoms with Crippen LogP contribution < -0.4 is 0 Å². The maximum Gasteiger partial charge on any atom is 0.399 e. The van der Waals surface area contributed by atoms with Crippen molar-refractivity contribution in [2.24, 2.45) is 11.3 Å². The van der Waals surface area contributed by atoms with Gasteiger partial charge >= 0.3 is 6.18 Å². The minimum atomic E-state index is -4.53. The third-order valence-corrected chi connectivity index (χ3v) is 7.49. The van der Waals surface area contributed by atoms with E-state index in [-0.39, 0.29) is 5.56 Å². The second-order valence-corrected chi connectivity index (χ2v) is 9.56. The van der Waals surface area contributed by atoms with E-state index in [0.717, 1.165) is 10.9 Å². The fourth-order valence-electron chi connectivity index (χ4n) is 5.09. The van der Waals surface area contributed by atoms with Crippen LogP contribution in [0.1, 0.15) is 55.5 Å². The number of benzene rings is 2. The van der Waals surface area contributed by atoms with E-state index < -0.39 is 28.7 Å². The molecule has 1 aliphatic rings. The molecule has 0 heterocycles. The van der Waals surface area contributed by atoms with Gasteiger partial charge in [-0.1, -0.05) is 82.8 Å². The molecule has 3 atom stereocenters. The molecular formula is C23H23Br2F3O. The van der Waals surface area contributed by atoms with Gasteiger partial charge in [0.2, 0.25) is 0 Å². The highest BCUT2D eigenvalue weighted by Crippen LogP contribution is 2.79. The van der Waals surface area contributed by atoms with Crippen LogP contribution in [0.25, 0.3) is 0 Å². The van der Waals surface area contributed by atoms with E-state index in [1.807, 2.05) is 6.92 Å². The molecule has 0 bridgehead atoms. The van der Waals surface area contributed by atoms with E-state index in [0.29, 0.717) is 29.3 Å². The summed E-state index contributed by atoms with van der Waals surface area (Å²) in [6, 6.07) is 12.9. The number of hydrogen-bond donors (Lipinski definition) is 0. The summed E-state index contributed by atoms with van der Waals surface area (Å²) >= 11 is 6.62. The highest BCUT2D eigenvalue weighted by molar-refractivity contribution is 9.10.